The van der Waals surface area contributed by atoms with Gasteiger partial charge in [0.25, 0.3) is 11.6 Å². The summed E-state index contributed by atoms with van der Waals surface area (Å²) in [5.74, 6) is 0.361. The summed E-state index contributed by atoms with van der Waals surface area (Å²) in [6.07, 6.45) is 4.23. The van der Waals surface area contributed by atoms with E-state index in [1.807, 2.05) is 13.0 Å². The zero-order chi connectivity index (χ0) is 18.1. The van der Waals surface area contributed by atoms with Gasteiger partial charge in [-0.2, -0.15) is 0 Å². The lowest BCUT2D eigenvalue weighted by Crippen LogP contribution is -2.47. The van der Waals surface area contributed by atoms with Crippen molar-refractivity contribution in [1.29, 1.82) is 0 Å². The summed E-state index contributed by atoms with van der Waals surface area (Å²) in [7, 11) is 1.72. The number of halogens is 1. The predicted molar refractivity (Wildman–Crippen MR) is 105 cm³/mol. The molecule has 1 saturated carbocycles. The lowest BCUT2D eigenvalue weighted by molar-refractivity contribution is 0.0512. The maximum atomic E-state index is 13.0. The number of ether oxygens (including phenoxy) is 1. The highest BCUT2D eigenvalue weighted by atomic mass is 35.5. The Morgan fingerprint density at radius 1 is 1.41 bits per heavy atom. The number of fused-ring (bicyclic) bond motifs is 1. The number of aromatic nitrogens is 2. The van der Waals surface area contributed by atoms with Crippen LogP contribution in [0.15, 0.2) is 10.6 Å². The van der Waals surface area contributed by atoms with Crippen LogP contribution in [0.4, 0.5) is 0 Å². The van der Waals surface area contributed by atoms with E-state index in [-0.39, 0.29) is 23.7 Å². The van der Waals surface area contributed by atoms with Gasteiger partial charge in [0.2, 0.25) is 0 Å². The highest BCUT2D eigenvalue weighted by Crippen LogP contribution is 2.40. The molecule has 0 radical (unpaired) electrons. The van der Waals surface area contributed by atoms with Crippen molar-refractivity contribution >= 4 is 29.4 Å². The standard InChI is InChI=1S/C19H26N4O3.ClH/c1-12-16-14(9-15(13-3-4-13)22-18(16)26-23-12)17(24)21-10-19(11-25-2)5-7-20-8-6-19;/h9,13,20H,3-8,10-11H2,1-2H3,(H,21,24);1H. The molecule has 1 aliphatic heterocycles. The molecule has 0 atom stereocenters. The van der Waals surface area contributed by atoms with Crippen LogP contribution in [-0.2, 0) is 4.74 Å². The summed E-state index contributed by atoms with van der Waals surface area (Å²) in [5.41, 5.74) is 2.72. The van der Waals surface area contributed by atoms with Crippen LogP contribution in [0.5, 0.6) is 0 Å². The van der Waals surface area contributed by atoms with Crippen molar-refractivity contribution in [2.75, 3.05) is 33.4 Å². The molecule has 2 aromatic heterocycles. The highest BCUT2D eigenvalue weighted by molar-refractivity contribution is 6.06. The molecule has 148 valence electrons. The normalized spacial score (nSPS) is 18.9. The van der Waals surface area contributed by atoms with E-state index in [4.69, 9.17) is 9.26 Å². The fourth-order valence-electron chi connectivity index (χ4n) is 3.88. The van der Waals surface area contributed by atoms with E-state index in [0.717, 1.165) is 49.9 Å². The summed E-state index contributed by atoms with van der Waals surface area (Å²) in [6.45, 7) is 5.01. The Morgan fingerprint density at radius 2 is 2.15 bits per heavy atom. The van der Waals surface area contributed by atoms with E-state index in [2.05, 4.69) is 20.8 Å². The first-order chi connectivity index (χ1) is 12.6. The Kier molecular flexibility index (Phi) is 6.03. The van der Waals surface area contributed by atoms with Gasteiger partial charge in [-0.25, -0.2) is 4.98 Å². The lowest BCUT2D eigenvalue weighted by Gasteiger charge is -2.37. The van der Waals surface area contributed by atoms with Crippen molar-refractivity contribution in [1.82, 2.24) is 20.8 Å². The second kappa shape index (κ2) is 8.12. The molecule has 8 heteroatoms. The smallest absolute Gasteiger partial charge is 0.259 e. The van der Waals surface area contributed by atoms with Gasteiger partial charge in [-0.3, -0.25) is 4.79 Å². The molecule has 1 saturated heterocycles. The summed E-state index contributed by atoms with van der Waals surface area (Å²) in [6, 6.07) is 1.92. The van der Waals surface area contributed by atoms with Gasteiger partial charge in [-0.15, -0.1) is 12.4 Å². The van der Waals surface area contributed by atoms with Crippen LogP contribution < -0.4 is 10.6 Å². The number of piperidine rings is 1. The third-order valence-corrected chi connectivity index (χ3v) is 5.62. The lowest BCUT2D eigenvalue weighted by atomic mass is 9.79. The van der Waals surface area contributed by atoms with Crippen molar-refractivity contribution in [3.05, 3.63) is 23.0 Å². The molecule has 4 rings (SSSR count). The van der Waals surface area contributed by atoms with E-state index in [9.17, 15) is 4.79 Å². The van der Waals surface area contributed by atoms with Gasteiger partial charge in [0.05, 0.1) is 23.3 Å². The molecule has 1 aliphatic carbocycles. The molecule has 0 bridgehead atoms. The number of pyridine rings is 1. The number of carbonyl (C=O) groups excluding carboxylic acids is 1. The summed E-state index contributed by atoms with van der Waals surface area (Å²) in [4.78, 5) is 17.6. The molecule has 2 aliphatic rings. The first kappa shape index (κ1) is 20.0. The number of methoxy groups -OCH3 is 1. The van der Waals surface area contributed by atoms with Crippen LogP contribution in [-0.4, -0.2) is 49.4 Å². The molecule has 7 nitrogen and oxygen atoms in total. The molecule has 27 heavy (non-hydrogen) atoms. The number of rotatable bonds is 6. The molecule has 0 aromatic carbocycles. The molecule has 2 fully saturated rings. The van der Waals surface area contributed by atoms with Crippen LogP contribution in [0.2, 0.25) is 0 Å². The third kappa shape index (κ3) is 4.10. The molecule has 2 N–H and O–H groups in total. The average molecular weight is 395 g/mol. The first-order valence-electron chi connectivity index (χ1n) is 9.37. The second-order valence-corrected chi connectivity index (χ2v) is 7.68. The van der Waals surface area contributed by atoms with Crippen LogP contribution in [0.1, 0.15) is 53.3 Å². The van der Waals surface area contributed by atoms with Crippen molar-refractivity contribution in [2.24, 2.45) is 5.41 Å². The summed E-state index contributed by atoms with van der Waals surface area (Å²) in [5, 5.41) is 11.2. The fraction of sp³-hybridized carbons (Fsp3) is 0.632. The number of nitrogens with one attached hydrogen (secondary N) is 2. The molecule has 2 aromatic rings. The Bertz CT molecular complexity index is 807. The highest BCUT2D eigenvalue weighted by Gasteiger charge is 2.33. The maximum absolute atomic E-state index is 13.0. The number of hydrogen-bond acceptors (Lipinski definition) is 6. The largest absolute Gasteiger partial charge is 0.384 e. The van der Waals surface area contributed by atoms with Gasteiger partial charge >= 0.3 is 0 Å². The molecule has 1 amide bonds. The zero-order valence-electron chi connectivity index (χ0n) is 15.8. The quantitative estimate of drug-likeness (QED) is 0.782. The van der Waals surface area contributed by atoms with Crippen molar-refractivity contribution < 1.29 is 14.1 Å². The van der Waals surface area contributed by atoms with Crippen LogP contribution in [0, 0.1) is 12.3 Å². The number of aryl methyl sites for hydroxylation is 1. The third-order valence-electron chi connectivity index (χ3n) is 5.62. The van der Waals surface area contributed by atoms with Crippen molar-refractivity contribution in [3.63, 3.8) is 0 Å². The van der Waals surface area contributed by atoms with Gasteiger partial charge in [0.1, 0.15) is 0 Å². The van der Waals surface area contributed by atoms with Gasteiger partial charge in [0, 0.05) is 30.7 Å². The first-order valence-corrected chi connectivity index (χ1v) is 9.37. The average Bonchev–Trinajstić information content (AvgIpc) is 3.44. The number of carbonyl (C=O) groups is 1. The van der Waals surface area contributed by atoms with Crippen LogP contribution in [0.25, 0.3) is 11.1 Å². The molecule has 0 spiro atoms. The molecule has 0 unspecified atom stereocenters. The van der Waals surface area contributed by atoms with Gasteiger partial charge in [-0.05, 0) is 51.8 Å². The molecule has 3 heterocycles. The minimum absolute atomic E-state index is 0. The number of nitrogens with zero attached hydrogens (tertiary/aromatic N) is 2. The van der Waals surface area contributed by atoms with Gasteiger partial charge < -0.3 is 19.9 Å². The van der Waals surface area contributed by atoms with E-state index in [0.29, 0.717) is 36.0 Å². The second-order valence-electron chi connectivity index (χ2n) is 7.68. The Hall–Kier alpha value is -1.70. The monoisotopic (exact) mass is 394 g/mol. The fourth-order valence-corrected chi connectivity index (χ4v) is 3.88. The van der Waals surface area contributed by atoms with Crippen LogP contribution in [0.3, 0.4) is 0 Å². The van der Waals surface area contributed by atoms with E-state index >= 15 is 0 Å². The zero-order valence-corrected chi connectivity index (χ0v) is 16.7. The number of hydrogen-bond donors (Lipinski definition) is 2. The van der Waals surface area contributed by atoms with Crippen molar-refractivity contribution in [3.8, 4) is 0 Å². The van der Waals surface area contributed by atoms with Gasteiger partial charge in [0.15, 0.2) is 0 Å². The van der Waals surface area contributed by atoms with Crippen molar-refractivity contribution in [2.45, 2.75) is 38.5 Å². The maximum Gasteiger partial charge on any atom is 0.259 e. The SMILES string of the molecule is COCC1(CNC(=O)c2cc(C3CC3)nc3onc(C)c23)CCNCC1.Cl. The minimum atomic E-state index is -0.0837. The van der Waals surface area contributed by atoms with E-state index < -0.39 is 0 Å². The molecular weight excluding hydrogens is 368 g/mol. The Morgan fingerprint density at radius 3 is 2.81 bits per heavy atom. The minimum Gasteiger partial charge on any atom is -0.384 e. The van der Waals surface area contributed by atoms with Gasteiger partial charge in [-0.1, -0.05) is 5.16 Å². The predicted octanol–water partition coefficient (Wildman–Crippen LogP) is 2.58. The summed E-state index contributed by atoms with van der Waals surface area (Å²) >= 11 is 0. The summed E-state index contributed by atoms with van der Waals surface area (Å²) < 4.78 is 10.8. The van der Waals surface area contributed by atoms with Crippen LogP contribution >= 0.6 is 12.4 Å². The number of amides is 1. The topological polar surface area (TPSA) is 89.3 Å². The Balaban J connectivity index is 0.00000210. The van der Waals surface area contributed by atoms with E-state index in [1.54, 1.807) is 7.11 Å². The molecular formula is C19H27ClN4O3. The Labute approximate surface area is 165 Å². The van der Waals surface area contributed by atoms with E-state index in [1.165, 1.54) is 0 Å².